The van der Waals surface area contributed by atoms with Crippen LogP contribution in [0.3, 0.4) is 0 Å². The molecular weight excluding hydrogens is 332 g/mol. The van der Waals surface area contributed by atoms with Gasteiger partial charge in [0.1, 0.15) is 8.42 Å². The summed E-state index contributed by atoms with van der Waals surface area (Å²) in [5.41, 5.74) is 0. The molecule has 1 N–H and O–H groups in total. The predicted octanol–water partition coefficient (Wildman–Crippen LogP) is 2.84. The number of anilines is 1. The van der Waals surface area contributed by atoms with Gasteiger partial charge in [0.25, 0.3) is 0 Å². The normalized spacial score (nSPS) is 11.6. The van der Waals surface area contributed by atoms with Crippen LogP contribution in [0.2, 0.25) is 0 Å². The van der Waals surface area contributed by atoms with Crippen molar-refractivity contribution in [1.82, 2.24) is 4.98 Å². The molecule has 4 nitrogen and oxygen atoms in total. The zero-order valence-corrected chi connectivity index (χ0v) is 12.1. The average molecular weight is 339 g/mol. The molecule has 0 fully saturated rings. The first-order valence-electron chi connectivity index (χ1n) is 4.18. The van der Waals surface area contributed by atoms with Gasteiger partial charge < -0.3 is 5.32 Å². The lowest BCUT2D eigenvalue weighted by molar-refractivity contribution is 0.600. The molecule has 0 aliphatic rings. The van der Waals surface area contributed by atoms with E-state index in [4.69, 9.17) is 0 Å². The summed E-state index contributed by atoms with van der Waals surface area (Å²) in [7, 11) is -1.70. The Morgan fingerprint density at radius 3 is 2.56 bits per heavy atom. The van der Waals surface area contributed by atoms with Crippen LogP contribution in [0.15, 0.2) is 30.5 Å². The van der Waals surface area contributed by atoms with Crippen molar-refractivity contribution in [2.75, 3.05) is 12.4 Å². The first-order valence-corrected chi connectivity index (χ1v) is 8.09. The largest absolute Gasteiger partial charge is 0.365 e. The highest BCUT2D eigenvalue weighted by atomic mass is 79.9. The Morgan fingerprint density at radius 1 is 1.31 bits per heavy atom. The number of hydrogen-bond donors (Lipinski definition) is 1. The van der Waals surface area contributed by atoms with Crippen molar-refractivity contribution < 1.29 is 8.42 Å². The summed E-state index contributed by atoms with van der Waals surface area (Å²) < 4.78 is 25.6. The van der Waals surface area contributed by atoms with Gasteiger partial charge in [-0.15, -0.1) is 11.3 Å². The molecule has 0 radical (unpaired) electrons. The molecular formula is C8H7BrN2O2S3. The summed E-state index contributed by atoms with van der Waals surface area (Å²) in [5, 5.41) is 3.41. The monoisotopic (exact) mass is 338 g/mol. The Hall–Kier alpha value is -0.440. The van der Waals surface area contributed by atoms with E-state index in [-0.39, 0.29) is 4.21 Å². The van der Waals surface area contributed by atoms with Crippen LogP contribution in [0, 0.1) is 0 Å². The number of sulfone groups is 1. The van der Waals surface area contributed by atoms with Crippen molar-refractivity contribution >= 4 is 53.6 Å². The summed E-state index contributed by atoms with van der Waals surface area (Å²) in [6, 6.07) is 3.31. The molecule has 0 atom stereocenters. The molecule has 2 aromatic rings. The van der Waals surface area contributed by atoms with Crippen LogP contribution >= 0.6 is 38.6 Å². The molecule has 0 saturated carbocycles. The summed E-state index contributed by atoms with van der Waals surface area (Å²) >= 11 is 5.56. The number of nitrogens with one attached hydrogen (secondary N) is 1. The molecule has 0 saturated heterocycles. The zero-order valence-electron chi connectivity index (χ0n) is 8.10. The Balaban J connectivity index is 2.46. The molecule has 0 aliphatic carbocycles. The third kappa shape index (κ3) is 2.15. The van der Waals surface area contributed by atoms with Gasteiger partial charge in [-0.25, -0.2) is 13.4 Å². The van der Waals surface area contributed by atoms with Crippen molar-refractivity contribution in [2.45, 2.75) is 8.42 Å². The fraction of sp³-hybridized carbons (Fsp3) is 0.125. The second kappa shape index (κ2) is 4.44. The van der Waals surface area contributed by atoms with E-state index in [9.17, 15) is 8.42 Å². The highest BCUT2D eigenvalue weighted by molar-refractivity contribution is 9.11. The molecule has 0 spiro atoms. The van der Waals surface area contributed by atoms with Crippen molar-refractivity contribution in [3.05, 3.63) is 22.1 Å². The summed E-state index contributed by atoms with van der Waals surface area (Å²) in [6.07, 6.45) is 1.37. The number of hydrogen-bond acceptors (Lipinski definition) is 6. The van der Waals surface area contributed by atoms with Crippen LogP contribution in [-0.2, 0) is 9.84 Å². The van der Waals surface area contributed by atoms with Crippen molar-refractivity contribution in [2.24, 2.45) is 0 Å². The van der Waals surface area contributed by atoms with Crippen LogP contribution in [0.25, 0.3) is 0 Å². The van der Waals surface area contributed by atoms with E-state index in [0.29, 0.717) is 9.34 Å². The molecule has 2 aromatic heterocycles. The van der Waals surface area contributed by atoms with E-state index in [1.807, 2.05) is 0 Å². The Morgan fingerprint density at radius 2 is 2.06 bits per heavy atom. The van der Waals surface area contributed by atoms with Gasteiger partial charge in [-0.1, -0.05) is 11.3 Å². The number of thiazole rings is 1. The summed E-state index contributed by atoms with van der Waals surface area (Å²) in [4.78, 5) is 3.95. The molecule has 8 heteroatoms. The first kappa shape index (κ1) is 12.0. The third-order valence-electron chi connectivity index (χ3n) is 1.78. The minimum Gasteiger partial charge on any atom is -0.365 e. The van der Waals surface area contributed by atoms with Crippen molar-refractivity contribution in [1.29, 1.82) is 0 Å². The van der Waals surface area contributed by atoms with Gasteiger partial charge in [0.2, 0.25) is 9.84 Å². The molecule has 0 bridgehead atoms. The number of halogens is 1. The van der Waals surface area contributed by atoms with E-state index in [1.54, 1.807) is 19.2 Å². The lowest BCUT2D eigenvalue weighted by Gasteiger charge is -1.95. The standard InChI is InChI=1S/C8H7BrN2O2S3/c1-10-8-11-4-7(15-8)16(12,13)6-3-2-5(9)14-6/h2-4H,1H3,(H,10,11). The van der Waals surface area contributed by atoms with Gasteiger partial charge in [0, 0.05) is 7.05 Å². The van der Waals surface area contributed by atoms with Crippen molar-refractivity contribution in [3.63, 3.8) is 0 Å². The fourth-order valence-electron chi connectivity index (χ4n) is 1.04. The summed E-state index contributed by atoms with van der Waals surface area (Å²) in [5.74, 6) is 0. The molecule has 86 valence electrons. The molecule has 2 heterocycles. The second-order valence-corrected chi connectivity index (χ2v) is 8.69. The van der Waals surface area contributed by atoms with E-state index in [0.717, 1.165) is 15.1 Å². The average Bonchev–Trinajstić information content (AvgIpc) is 2.85. The highest BCUT2D eigenvalue weighted by Crippen LogP contribution is 2.33. The number of thiophene rings is 1. The minimum absolute atomic E-state index is 0.256. The van der Waals surface area contributed by atoms with Crippen molar-refractivity contribution in [3.8, 4) is 0 Å². The quantitative estimate of drug-likeness (QED) is 0.934. The molecule has 0 aliphatic heterocycles. The van der Waals surface area contributed by atoms with E-state index < -0.39 is 9.84 Å². The Bertz CT molecular complexity index is 602. The molecule has 0 aromatic carbocycles. The van der Waals surface area contributed by atoms with E-state index >= 15 is 0 Å². The molecule has 0 unspecified atom stereocenters. The van der Waals surface area contributed by atoms with Gasteiger partial charge in [-0.2, -0.15) is 0 Å². The lowest BCUT2D eigenvalue weighted by atomic mass is 10.7. The van der Waals surface area contributed by atoms with Gasteiger partial charge in [0.15, 0.2) is 5.13 Å². The maximum absolute atomic E-state index is 12.1. The van der Waals surface area contributed by atoms with Gasteiger partial charge in [-0.05, 0) is 28.1 Å². The lowest BCUT2D eigenvalue weighted by Crippen LogP contribution is -1.95. The van der Waals surface area contributed by atoms with Crippen LogP contribution in [-0.4, -0.2) is 20.4 Å². The van der Waals surface area contributed by atoms with E-state index in [1.165, 1.54) is 17.5 Å². The minimum atomic E-state index is -3.40. The number of rotatable bonds is 3. The third-order valence-corrected chi connectivity index (χ3v) is 7.12. The SMILES string of the molecule is CNc1ncc(S(=O)(=O)c2ccc(Br)s2)s1. The maximum atomic E-state index is 12.1. The highest BCUT2D eigenvalue weighted by Gasteiger charge is 2.22. The van der Waals surface area contributed by atoms with Crippen LogP contribution in [0.4, 0.5) is 5.13 Å². The molecule has 2 rings (SSSR count). The Kier molecular flexibility index (Phi) is 3.34. The topological polar surface area (TPSA) is 59.1 Å². The van der Waals surface area contributed by atoms with Crippen LogP contribution < -0.4 is 5.32 Å². The zero-order chi connectivity index (χ0) is 11.8. The van der Waals surface area contributed by atoms with Gasteiger partial charge in [-0.3, -0.25) is 0 Å². The maximum Gasteiger partial charge on any atom is 0.227 e. The predicted molar refractivity (Wildman–Crippen MR) is 69.1 cm³/mol. The van der Waals surface area contributed by atoms with Crippen LogP contribution in [0.5, 0.6) is 0 Å². The number of aromatic nitrogens is 1. The van der Waals surface area contributed by atoms with Crippen LogP contribution in [0.1, 0.15) is 0 Å². The molecule has 0 amide bonds. The van der Waals surface area contributed by atoms with E-state index in [2.05, 4.69) is 26.2 Å². The number of nitrogens with zero attached hydrogens (tertiary/aromatic N) is 1. The smallest absolute Gasteiger partial charge is 0.227 e. The molecule has 16 heavy (non-hydrogen) atoms. The first-order chi connectivity index (χ1) is 7.54. The summed E-state index contributed by atoms with van der Waals surface area (Å²) in [6.45, 7) is 0. The fourth-order valence-corrected chi connectivity index (χ4v) is 5.70. The van der Waals surface area contributed by atoms with Gasteiger partial charge >= 0.3 is 0 Å². The Labute approximate surface area is 109 Å². The van der Waals surface area contributed by atoms with Gasteiger partial charge in [0.05, 0.1) is 9.98 Å². The second-order valence-electron chi connectivity index (χ2n) is 2.80.